The van der Waals surface area contributed by atoms with Gasteiger partial charge in [0, 0.05) is 19.2 Å². The van der Waals surface area contributed by atoms with E-state index in [9.17, 15) is 13.2 Å². The van der Waals surface area contributed by atoms with Gasteiger partial charge < -0.3 is 18.9 Å². The van der Waals surface area contributed by atoms with Gasteiger partial charge in [-0.2, -0.15) is 0 Å². The van der Waals surface area contributed by atoms with E-state index in [2.05, 4.69) is 0 Å². The highest BCUT2D eigenvalue weighted by molar-refractivity contribution is 7.89. The molecule has 1 fully saturated rings. The average molecular weight is 399 g/mol. The Morgan fingerprint density at radius 2 is 2.11 bits per heavy atom. The van der Waals surface area contributed by atoms with Gasteiger partial charge in [-0.25, -0.2) is 12.7 Å². The van der Waals surface area contributed by atoms with Crippen molar-refractivity contribution in [3.05, 3.63) is 18.2 Å². The lowest BCUT2D eigenvalue weighted by Gasteiger charge is -2.30. The van der Waals surface area contributed by atoms with Crippen molar-refractivity contribution in [3.63, 3.8) is 0 Å². The number of hydrogen-bond acceptors (Lipinski definition) is 7. The van der Waals surface area contributed by atoms with Crippen LogP contribution in [0.5, 0.6) is 17.2 Å². The number of benzene rings is 1. The second-order valence-electron chi connectivity index (χ2n) is 6.48. The second kappa shape index (κ2) is 8.79. The van der Waals surface area contributed by atoms with Crippen molar-refractivity contribution in [3.8, 4) is 17.2 Å². The number of ether oxygens (including phenoxy) is 4. The molecule has 0 spiro atoms. The van der Waals surface area contributed by atoms with Crippen molar-refractivity contribution in [1.82, 2.24) is 4.31 Å². The van der Waals surface area contributed by atoms with Crippen LogP contribution in [-0.2, 0) is 19.6 Å². The van der Waals surface area contributed by atoms with E-state index in [1.54, 1.807) is 25.1 Å². The molecule has 1 saturated heterocycles. The van der Waals surface area contributed by atoms with Crippen molar-refractivity contribution in [2.45, 2.75) is 26.2 Å². The third-order valence-electron chi connectivity index (χ3n) is 4.56. The molecule has 27 heavy (non-hydrogen) atoms. The number of fused-ring (bicyclic) bond motifs is 1. The average Bonchev–Trinajstić information content (AvgIpc) is 3.13. The van der Waals surface area contributed by atoms with Gasteiger partial charge in [-0.15, -0.1) is 0 Å². The molecule has 150 valence electrons. The van der Waals surface area contributed by atoms with Gasteiger partial charge in [0.25, 0.3) is 0 Å². The minimum absolute atomic E-state index is 0.0207. The van der Waals surface area contributed by atoms with Crippen LogP contribution in [0.15, 0.2) is 18.2 Å². The zero-order valence-corrected chi connectivity index (χ0v) is 16.2. The first-order valence-corrected chi connectivity index (χ1v) is 10.8. The molecule has 8 nitrogen and oxygen atoms in total. The summed E-state index contributed by atoms with van der Waals surface area (Å²) in [7, 11) is -3.43. The molecule has 0 saturated carbocycles. The predicted octanol–water partition coefficient (Wildman–Crippen LogP) is 1.79. The van der Waals surface area contributed by atoms with Gasteiger partial charge in [-0.05, 0) is 38.3 Å². The fourth-order valence-electron chi connectivity index (χ4n) is 3.17. The Morgan fingerprint density at radius 3 is 2.93 bits per heavy atom. The van der Waals surface area contributed by atoms with Gasteiger partial charge in [0.15, 0.2) is 11.5 Å². The van der Waals surface area contributed by atoms with E-state index in [1.807, 2.05) is 0 Å². The van der Waals surface area contributed by atoms with E-state index >= 15 is 0 Å². The van der Waals surface area contributed by atoms with Crippen LogP contribution >= 0.6 is 0 Å². The van der Waals surface area contributed by atoms with E-state index in [0.29, 0.717) is 49.7 Å². The summed E-state index contributed by atoms with van der Waals surface area (Å²) in [6.07, 6.45) is 1.69. The molecule has 3 rings (SSSR count). The summed E-state index contributed by atoms with van der Waals surface area (Å²) >= 11 is 0. The number of rotatable bonds is 8. The summed E-state index contributed by atoms with van der Waals surface area (Å²) in [5, 5.41) is 0. The first kappa shape index (κ1) is 19.8. The number of hydrogen-bond donors (Lipinski definition) is 0. The fourth-order valence-corrected chi connectivity index (χ4v) is 4.73. The maximum absolute atomic E-state index is 12.6. The summed E-state index contributed by atoms with van der Waals surface area (Å²) in [5.41, 5.74) is 0. The van der Waals surface area contributed by atoms with E-state index in [0.717, 1.165) is 0 Å². The molecule has 1 atom stereocenters. The maximum atomic E-state index is 12.6. The van der Waals surface area contributed by atoms with Crippen LogP contribution in [-0.4, -0.2) is 57.5 Å². The number of sulfonamides is 1. The Morgan fingerprint density at radius 1 is 1.30 bits per heavy atom. The first-order chi connectivity index (χ1) is 13.0. The van der Waals surface area contributed by atoms with Crippen LogP contribution in [0.1, 0.15) is 26.2 Å². The molecule has 2 aliphatic rings. The third kappa shape index (κ3) is 5.04. The smallest absolute Gasteiger partial charge is 0.310 e. The van der Waals surface area contributed by atoms with Gasteiger partial charge in [-0.3, -0.25) is 4.79 Å². The van der Waals surface area contributed by atoms with Gasteiger partial charge in [0.05, 0.1) is 24.9 Å². The van der Waals surface area contributed by atoms with Gasteiger partial charge in [0.2, 0.25) is 16.8 Å². The molecule has 0 aliphatic carbocycles. The summed E-state index contributed by atoms with van der Waals surface area (Å²) < 4.78 is 47.7. The summed E-state index contributed by atoms with van der Waals surface area (Å²) in [5.74, 6) is 1.19. The normalized spacial score (nSPS) is 19.7. The zero-order chi connectivity index (χ0) is 19.3. The van der Waals surface area contributed by atoms with Gasteiger partial charge >= 0.3 is 5.97 Å². The summed E-state index contributed by atoms with van der Waals surface area (Å²) in [6, 6.07) is 5.25. The molecule has 0 N–H and O–H groups in total. The standard InChI is InChI=1S/C18H25NO7S/c1-2-23-18(20)14-5-3-8-19(12-14)27(21,22)10-4-9-24-15-6-7-16-17(11-15)26-13-25-16/h6-7,11,14H,2-5,8-10,12-13H2,1H3/t14-/m0/s1. The fraction of sp³-hybridized carbons (Fsp3) is 0.611. The monoisotopic (exact) mass is 399 g/mol. The molecule has 9 heteroatoms. The van der Waals surface area contributed by atoms with Crippen LogP contribution in [0.3, 0.4) is 0 Å². The minimum Gasteiger partial charge on any atom is -0.493 e. The molecule has 0 bridgehead atoms. The highest BCUT2D eigenvalue weighted by atomic mass is 32.2. The van der Waals surface area contributed by atoms with Crippen molar-refractivity contribution < 1.29 is 32.2 Å². The SMILES string of the molecule is CCOC(=O)[C@H]1CCCN(S(=O)(=O)CCCOc2ccc3c(c2)OCO3)C1. The van der Waals surface area contributed by atoms with Gasteiger partial charge in [-0.1, -0.05) is 0 Å². The van der Waals surface area contributed by atoms with Crippen molar-refractivity contribution >= 4 is 16.0 Å². The highest BCUT2D eigenvalue weighted by Gasteiger charge is 2.32. The van der Waals surface area contributed by atoms with Crippen LogP contribution < -0.4 is 14.2 Å². The van der Waals surface area contributed by atoms with Crippen molar-refractivity contribution in [2.75, 3.05) is 38.8 Å². The molecule has 0 radical (unpaired) electrons. The number of carbonyl (C=O) groups excluding carboxylic acids is 1. The second-order valence-corrected chi connectivity index (χ2v) is 8.57. The third-order valence-corrected chi connectivity index (χ3v) is 6.48. The van der Waals surface area contributed by atoms with Crippen LogP contribution in [0, 0.1) is 5.92 Å². The Kier molecular flexibility index (Phi) is 6.43. The number of nitrogens with zero attached hydrogens (tertiary/aromatic N) is 1. The quantitative estimate of drug-likeness (QED) is 0.486. The first-order valence-electron chi connectivity index (χ1n) is 9.16. The van der Waals surface area contributed by atoms with Crippen molar-refractivity contribution in [2.24, 2.45) is 5.92 Å². The molecular formula is C18H25NO7S. The molecule has 1 aromatic carbocycles. The number of piperidine rings is 1. The topological polar surface area (TPSA) is 91.4 Å². The summed E-state index contributed by atoms with van der Waals surface area (Å²) in [6.45, 7) is 3.16. The highest BCUT2D eigenvalue weighted by Crippen LogP contribution is 2.35. The lowest BCUT2D eigenvalue weighted by molar-refractivity contribution is -0.149. The molecule has 0 amide bonds. The van der Waals surface area contributed by atoms with Crippen molar-refractivity contribution in [1.29, 1.82) is 0 Å². The lowest BCUT2D eigenvalue weighted by Crippen LogP contribution is -2.43. The molecule has 0 unspecified atom stereocenters. The van der Waals surface area contributed by atoms with Gasteiger partial charge in [0.1, 0.15) is 5.75 Å². The minimum atomic E-state index is -3.43. The van der Waals surface area contributed by atoms with E-state index in [1.165, 1.54) is 4.31 Å². The largest absolute Gasteiger partial charge is 0.493 e. The van der Waals surface area contributed by atoms with E-state index < -0.39 is 10.0 Å². The van der Waals surface area contributed by atoms with Crippen LogP contribution in [0.4, 0.5) is 0 Å². The lowest BCUT2D eigenvalue weighted by atomic mass is 10.0. The Labute approximate surface area is 159 Å². The summed E-state index contributed by atoms with van der Waals surface area (Å²) in [4.78, 5) is 11.9. The van der Waals surface area contributed by atoms with Crippen LogP contribution in [0.25, 0.3) is 0 Å². The Bertz CT molecular complexity index is 765. The predicted molar refractivity (Wildman–Crippen MR) is 97.4 cm³/mol. The van der Waals surface area contributed by atoms with E-state index in [-0.39, 0.29) is 37.6 Å². The Balaban J connectivity index is 1.46. The number of carbonyl (C=O) groups is 1. The van der Waals surface area contributed by atoms with Crippen LogP contribution in [0.2, 0.25) is 0 Å². The number of esters is 1. The maximum Gasteiger partial charge on any atom is 0.310 e. The molecule has 1 aromatic rings. The Hall–Kier alpha value is -2.00. The molecular weight excluding hydrogens is 374 g/mol. The molecule has 0 aromatic heterocycles. The molecule has 2 heterocycles. The van der Waals surface area contributed by atoms with E-state index in [4.69, 9.17) is 18.9 Å². The zero-order valence-electron chi connectivity index (χ0n) is 15.4. The molecule has 2 aliphatic heterocycles.